The first kappa shape index (κ1) is 17.2. The molecule has 2 heterocycles. The van der Waals surface area contributed by atoms with Crippen molar-refractivity contribution in [2.45, 2.75) is 45.8 Å². The van der Waals surface area contributed by atoms with Crippen LogP contribution in [-0.4, -0.2) is 30.3 Å². The maximum atomic E-state index is 12.2. The molecule has 0 aliphatic carbocycles. The molecule has 22 heavy (non-hydrogen) atoms. The van der Waals surface area contributed by atoms with E-state index in [1.165, 1.54) is 0 Å². The Morgan fingerprint density at radius 2 is 2.32 bits per heavy atom. The zero-order valence-corrected chi connectivity index (χ0v) is 14.6. The summed E-state index contributed by atoms with van der Waals surface area (Å²) in [5.41, 5.74) is 0.853. The van der Waals surface area contributed by atoms with Crippen LogP contribution in [0.25, 0.3) is 0 Å². The fourth-order valence-electron chi connectivity index (χ4n) is 2.44. The van der Waals surface area contributed by atoms with E-state index in [2.05, 4.69) is 27.8 Å². The van der Waals surface area contributed by atoms with Crippen molar-refractivity contribution in [3.63, 3.8) is 0 Å². The van der Waals surface area contributed by atoms with Gasteiger partial charge in [0.05, 0.1) is 18.6 Å². The number of hydrogen-bond donors (Lipinski definition) is 0. The summed E-state index contributed by atoms with van der Waals surface area (Å²) in [5, 5.41) is 0. The lowest BCUT2D eigenvalue weighted by Gasteiger charge is -2.27. The quantitative estimate of drug-likeness (QED) is 0.716. The molecule has 1 saturated heterocycles. The van der Waals surface area contributed by atoms with Crippen molar-refractivity contribution in [1.29, 1.82) is 0 Å². The average molecular weight is 372 g/mol. The van der Waals surface area contributed by atoms with Crippen molar-refractivity contribution >= 4 is 21.9 Å². The zero-order valence-electron chi connectivity index (χ0n) is 13.0. The number of halogens is 1. The van der Waals surface area contributed by atoms with Gasteiger partial charge in [0.2, 0.25) is 5.88 Å². The van der Waals surface area contributed by atoms with Gasteiger partial charge in [-0.05, 0) is 42.1 Å². The number of rotatable bonds is 6. The summed E-state index contributed by atoms with van der Waals surface area (Å²) >= 11 is 3.42. The highest BCUT2D eigenvalue weighted by atomic mass is 79.9. The Balaban J connectivity index is 1.91. The molecule has 1 aliphatic rings. The molecule has 1 aliphatic heterocycles. The maximum absolute atomic E-state index is 12.2. The fourth-order valence-corrected chi connectivity index (χ4v) is 2.77. The van der Waals surface area contributed by atoms with E-state index in [-0.39, 0.29) is 24.6 Å². The second-order valence-electron chi connectivity index (χ2n) is 5.28. The van der Waals surface area contributed by atoms with E-state index >= 15 is 0 Å². The second kappa shape index (κ2) is 8.48. The summed E-state index contributed by atoms with van der Waals surface area (Å²) in [5.74, 6) is 0.322. The van der Waals surface area contributed by atoms with Crippen LogP contribution < -0.4 is 4.74 Å². The summed E-state index contributed by atoms with van der Waals surface area (Å²) in [6, 6.07) is 1.79. The van der Waals surface area contributed by atoms with E-state index < -0.39 is 0 Å². The molecular formula is C16H22BrNO4. The van der Waals surface area contributed by atoms with Gasteiger partial charge < -0.3 is 14.2 Å². The third-order valence-electron chi connectivity index (χ3n) is 3.73. The SMILES string of the molecule is CCOc1cc(COC(=O)C2CCOC(CC)C2)c(Br)cn1. The van der Waals surface area contributed by atoms with Gasteiger partial charge in [-0.15, -0.1) is 0 Å². The number of aromatic nitrogens is 1. The van der Waals surface area contributed by atoms with E-state index in [9.17, 15) is 4.79 Å². The molecule has 0 amide bonds. The lowest BCUT2D eigenvalue weighted by molar-refractivity contribution is -0.155. The number of esters is 1. The van der Waals surface area contributed by atoms with Gasteiger partial charge in [0.25, 0.3) is 0 Å². The smallest absolute Gasteiger partial charge is 0.309 e. The van der Waals surface area contributed by atoms with Crippen molar-refractivity contribution in [3.8, 4) is 5.88 Å². The Bertz CT molecular complexity index is 509. The molecule has 2 unspecified atom stereocenters. The summed E-state index contributed by atoms with van der Waals surface area (Å²) in [6.45, 7) is 5.37. The molecule has 0 spiro atoms. The Labute approximate surface area is 139 Å². The van der Waals surface area contributed by atoms with E-state index in [1.54, 1.807) is 12.3 Å². The molecule has 0 aromatic carbocycles. The van der Waals surface area contributed by atoms with Crippen molar-refractivity contribution in [1.82, 2.24) is 4.98 Å². The molecule has 6 heteroatoms. The maximum Gasteiger partial charge on any atom is 0.309 e. The Morgan fingerprint density at radius 1 is 1.50 bits per heavy atom. The zero-order chi connectivity index (χ0) is 15.9. The molecule has 5 nitrogen and oxygen atoms in total. The summed E-state index contributed by atoms with van der Waals surface area (Å²) < 4.78 is 17.2. The first-order valence-corrected chi connectivity index (χ1v) is 8.48. The highest BCUT2D eigenvalue weighted by molar-refractivity contribution is 9.10. The Hall–Kier alpha value is -1.14. The number of ether oxygens (including phenoxy) is 3. The average Bonchev–Trinajstić information content (AvgIpc) is 2.55. The van der Waals surface area contributed by atoms with Gasteiger partial charge in [0, 0.05) is 28.9 Å². The summed E-state index contributed by atoms with van der Waals surface area (Å²) in [6.07, 6.45) is 4.24. The van der Waals surface area contributed by atoms with Gasteiger partial charge >= 0.3 is 5.97 Å². The summed E-state index contributed by atoms with van der Waals surface area (Å²) in [4.78, 5) is 16.4. The van der Waals surface area contributed by atoms with Crippen LogP contribution in [0, 0.1) is 5.92 Å². The molecular weight excluding hydrogens is 350 g/mol. The predicted molar refractivity (Wildman–Crippen MR) is 85.7 cm³/mol. The van der Waals surface area contributed by atoms with Gasteiger partial charge in [0.15, 0.2) is 0 Å². The van der Waals surface area contributed by atoms with E-state index in [1.807, 2.05) is 6.92 Å². The standard InChI is InChI=1S/C16H22BrNO4/c1-3-13-7-11(5-6-21-13)16(19)22-10-12-8-15(20-4-2)18-9-14(12)17/h8-9,11,13H,3-7,10H2,1-2H3. The third-order valence-corrected chi connectivity index (χ3v) is 4.44. The molecule has 0 saturated carbocycles. The highest BCUT2D eigenvalue weighted by Crippen LogP contribution is 2.25. The van der Waals surface area contributed by atoms with Crippen LogP contribution in [0.3, 0.4) is 0 Å². The fraction of sp³-hybridized carbons (Fsp3) is 0.625. The first-order valence-electron chi connectivity index (χ1n) is 7.69. The molecule has 2 rings (SSSR count). The largest absolute Gasteiger partial charge is 0.478 e. The van der Waals surface area contributed by atoms with Crippen LogP contribution in [0.5, 0.6) is 5.88 Å². The molecule has 0 N–H and O–H groups in total. The predicted octanol–water partition coefficient (Wildman–Crippen LogP) is 3.49. The normalized spacial score (nSPS) is 21.4. The van der Waals surface area contributed by atoms with Crippen LogP contribution >= 0.6 is 15.9 Å². The van der Waals surface area contributed by atoms with Crippen LogP contribution in [0.15, 0.2) is 16.7 Å². The van der Waals surface area contributed by atoms with Crippen molar-refractivity contribution < 1.29 is 19.0 Å². The number of pyridine rings is 1. The van der Waals surface area contributed by atoms with Gasteiger partial charge in [-0.2, -0.15) is 0 Å². The third kappa shape index (κ3) is 4.68. The number of carbonyl (C=O) groups excluding carboxylic acids is 1. The van der Waals surface area contributed by atoms with E-state index in [0.29, 0.717) is 19.1 Å². The minimum Gasteiger partial charge on any atom is -0.478 e. The number of nitrogens with zero attached hydrogens (tertiary/aromatic N) is 1. The van der Waals surface area contributed by atoms with Gasteiger partial charge in [-0.1, -0.05) is 6.92 Å². The first-order chi connectivity index (χ1) is 10.6. The van der Waals surface area contributed by atoms with Gasteiger partial charge in [-0.25, -0.2) is 4.98 Å². The molecule has 0 bridgehead atoms. The van der Waals surface area contributed by atoms with Crippen LogP contribution in [-0.2, 0) is 20.9 Å². The van der Waals surface area contributed by atoms with E-state index in [0.717, 1.165) is 29.3 Å². The topological polar surface area (TPSA) is 57.7 Å². The second-order valence-corrected chi connectivity index (χ2v) is 6.13. The van der Waals surface area contributed by atoms with Crippen molar-refractivity contribution in [2.24, 2.45) is 5.92 Å². The Kier molecular flexibility index (Phi) is 6.64. The minimum absolute atomic E-state index is 0.0642. The van der Waals surface area contributed by atoms with Crippen molar-refractivity contribution in [2.75, 3.05) is 13.2 Å². The molecule has 122 valence electrons. The van der Waals surface area contributed by atoms with Gasteiger partial charge in [-0.3, -0.25) is 4.79 Å². The lowest BCUT2D eigenvalue weighted by atomic mass is 9.94. The monoisotopic (exact) mass is 371 g/mol. The summed E-state index contributed by atoms with van der Waals surface area (Å²) in [7, 11) is 0. The minimum atomic E-state index is -0.150. The molecule has 1 fully saturated rings. The van der Waals surface area contributed by atoms with Crippen LogP contribution in [0.2, 0.25) is 0 Å². The van der Waals surface area contributed by atoms with Crippen LogP contribution in [0.4, 0.5) is 0 Å². The molecule has 1 aromatic heterocycles. The van der Waals surface area contributed by atoms with Crippen LogP contribution in [0.1, 0.15) is 38.7 Å². The van der Waals surface area contributed by atoms with Crippen molar-refractivity contribution in [3.05, 3.63) is 22.3 Å². The lowest BCUT2D eigenvalue weighted by Crippen LogP contribution is -2.31. The Morgan fingerprint density at radius 3 is 3.05 bits per heavy atom. The number of carbonyl (C=O) groups is 1. The number of hydrogen-bond acceptors (Lipinski definition) is 5. The van der Waals surface area contributed by atoms with E-state index in [4.69, 9.17) is 14.2 Å². The molecule has 0 radical (unpaired) electrons. The molecule has 2 atom stereocenters. The highest BCUT2D eigenvalue weighted by Gasteiger charge is 2.28. The molecule has 1 aromatic rings. The van der Waals surface area contributed by atoms with Gasteiger partial charge in [0.1, 0.15) is 6.61 Å².